The third-order valence-corrected chi connectivity index (χ3v) is 18.1. The van der Waals surface area contributed by atoms with Crippen molar-refractivity contribution in [2.45, 2.75) is 32.0 Å². The standard InChI is InChI=1S/C25H26FI3N2O/c1-17-10-13-31-19(14-17)5-3-11-27-15-22(31)21-8-7-18-4-2-6-24(25(18)29-28-21)32-23-9-12-30-16-20(23)26/h2,4-8,10,13-15,20,23,30H,3,9,11-12,16H2,1H3/q-2. The van der Waals surface area contributed by atoms with Gasteiger partial charge in [-0.05, 0) is 0 Å². The van der Waals surface area contributed by atoms with Crippen LogP contribution >= 0.6 is 16.8 Å². The molecule has 3 nitrogen and oxygen atoms in total. The average Bonchev–Trinajstić information content (AvgIpc) is 3.00. The SMILES string of the molecule is CC1=CC2=CCC[I-]C=C(C3=I[I-]c4c(cccc4OC4CCNCC4F)C=C3)N2C=C1. The van der Waals surface area contributed by atoms with Crippen molar-refractivity contribution in [1.29, 1.82) is 0 Å². The quantitative estimate of drug-likeness (QED) is 0.319. The van der Waals surface area contributed by atoms with E-state index >= 15 is 0 Å². The summed E-state index contributed by atoms with van der Waals surface area (Å²) in [5.74, 6) is 0.923. The second kappa shape index (κ2) is 10.8. The number of fused-ring (bicyclic) bond motifs is 2. The summed E-state index contributed by atoms with van der Waals surface area (Å²) in [6, 6.07) is 6.30. The second-order valence-electron chi connectivity index (χ2n) is 7.98. The molecular formula is C25H26FI3N2O-2. The third-order valence-electron chi connectivity index (χ3n) is 5.61. The zero-order valence-electron chi connectivity index (χ0n) is 17.8. The predicted molar refractivity (Wildman–Crippen MR) is 130 cm³/mol. The van der Waals surface area contributed by atoms with Crippen LogP contribution in [-0.4, -0.2) is 38.2 Å². The summed E-state index contributed by atoms with van der Waals surface area (Å²) in [4.78, 5) is 2.41. The van der Waals surface area contributed by atoms with E-state index < -0.39 is 6.17 Å². The van der Waals surface area contributed by atoms with Gasteiger partial charge in [0.15, 0.2) is 0 Å². The van der Waals surface area contributed by atoms with Gasteiger partial charge in [0.05, 0.1) is 0 Å². The van der Waals surface area contributed by atoms with Gasteiger partial charge in [-0.1, -0.05) is 0 Å². The molecule has 0 radical (unpaired) electrons. The third kappa shape index (κ3) is 5.25. The normalized spacial score (nSPS) is 26.0. The Bertz CT molecular complexity index is 1070. The van der Waals surface area contributed by atoms with E-state index in [1.165, 1.54) is 40.5 Å². The van der Waals surface area contributed by atoms with E-state index in [4.69, 9.17) is 4.74 Å². The van der Waals surface area contributed by atoms with Gasteiger partial charge in [0.25, 0.3) is 0 Å². The maximum absolute atomic E-state index is 14.4. The zero-order valence-corrected chi connectivity index (χ0v) is 24.3. The van der Waals surface area contributed by atoms with Crippen molar-refractivity contribution in [3.05, 3.63) is 78.9 Å². The molecule has 172 valence electrons. The molecule has 32 heavy (non-hydrogen) atoms. The molecule has 0 saturated carbocycles. The summed E-state index contributed by atoms with van der Waals surface area (Å²) in [7, 11) is 0. The number of nitrogens with zero attached hydrogens (tertiary/aromatic N) is 1. The van der Waals surface area contributed by atoms with Crippen molar-refractivity contribution in [3.8, 4) is 5.75 Å². The Kier molecular flexibility index (Phi) is 7.85. The van der Waals surface area contributed by atoms with Crippen LogP contribution < -0.4 is 48.5 Å². The first-order chi connectivity index (χ1) is 15.7. The number of piperidine rings is 1. The summed E-state index contributed by atoms with van der Waals surface area (Å²) in [5.41, 5.74) is 5.29. The van der Waals surface area contributed by atoms with Gasteiger partial charge in [-0.2, -0.15) is 0 Å². The summed E-state index contributed by atoms with van der Waals surface area (Å²) in [6.45, 7) is 3.39. The van der Waals surface area contributed by atoms with Crippen LogP contribution in [0.1, 0.15) is 25.3 Å². The van der Waals surface area contributed by atoms with E-state index in [-0.39, 0.29) is 61.3 Å². The first-order valence-electron chi connectivity index (χ1n) is 10.8. The van der Waals surface area contributed by atoms with E-state index in [2.05, 4.69) is 76.0 Å². The van der Waals surface area contributed by atoms with E-state index in [1.54, 1.807) is 0 Å². The van der Waals surface area contributed by atoms with Crippen LogP contribution in [-0.2, 0) is 0 Å². The van der Waals surface area contributed by atoms with Crippen LogP contribution in [0.4, 0.5) is 4.39 Å². The van der Waals surface area contributed by atoms with Crippen molar-refractivity contribution in [1.82, 2.24) is 10.2 Å². The predicted octanol–water partition coefficient (Wildman–Crippen LogP) is -0.897. The molecular weight excluding hydrogens is 744 g/mol. The van der Waals surface area contributed by atoms with Crippen LogP contribution in [0.25, 0.3) is 6.08 Å². The van der Waals surface area contributed by atoms with Gasteiger partial charge >= 0.3 is 218 Å². The van der Waals surface area contributed by atoms with Gasteiger partial charge in [-0.25, -0.2) is 0 Å². The number of hydrogen-bond acceptors (Lipinski definition) is 3. The summed E-state index contributed by atoms with van der Waals surface area (Å²) >= 11 is -0.250. The molecule has 1 aromatic carbocycles. The molecule has 4 heterocycles. The minimum atomic E-state index is -0.937. The maximum atomic E-state index is 14.4. The molecule has 0 bridgehead atoms. The molecule has 2 unspecified atom stereocenters. The van der Waals surface area contributed by atoms with Gasteiger partial charge in [0, 0.05) is 0 Å². The number of hydrogen-bond donors (Lipinski definition) is 1. The molecule has 2 atom stereocenters. The van der Waals surface area contributed by atoms with Crippen LogP contribution in [0.15, 0.2) is 69.8 Å². The number of ether oxygens (including phenoxy) is 1. The fraction of sp³-hybridized carbons (Fsp3) is 0.320. The molecule has 7 heteroatoms. The first kappa shape index (κ1) is 23.2. The molecule has 1 fully saturated rings. The molecule has 1 aromatic rings. The second-order valence-corrected chi connectivity index (χ2v) is 19.1. The van der Waals surface area contributed by atoms with Crippen molar-refractivity contribution >= 4 is 26.3 Å². The van der Waals surface area contributed by atoms with Crippen molar-refractivity contribution in [3.63, 3.8) is 0 Å². The minimum absolute atomic E-state index is 0.0647. The van der Waals surface area contributed by atoms with E-state index in [0.717, 1.165) is 18.7 Å². The monoisotopic (exact) mass is 770 g/mol. The summed E-state index contributed by atoms with van der Waals surface area (Å²) in [6.07, 6.45) is 14.4. The number of halogens is 4. The molecule has 0 amide bonds. The van der Waals surface area contributed by atoms with Crippen LogP contribution in [0.3, 0.4) is 0 Å². The molecule has 1 N–H and O–H groups in total. The molecule has 1 saturated heterocycles. The Morgan fingerprint density at radius 3 is 3.09 bits per heavy atom. The summed E-state index contributed by atoms with van der Waals surface area (Å²) < 4.78 is 27.4. The number of benzene rings is 1. The number of allylic oxidation sites excluding steroid dienone is 5. The molecule has 4 aliphatic heterocycles. The fourth-order valence-corrected chi connectivity index (χ4v) is 17.1. The van der Waals surface area contributed by atoms with Crippen LogP contribution in [0, 0.1) is 3.57 Å². The van der Waals surface area contributed by atoms with Crippen LogP contribution in [0.5, 0.6) is 5.75 Å². The Morgan fingerprint density at radius 2 is 2.19 bits per heavy atom. The molecule has 0 aromatic heterocycles. The average molecular weight is 770 g/mol. The zero-order chi connectivity index (χ0) is 21.9. The topological polar surface area (TPSA) is 24.5 Å². The number of rotatable bonds is 3. The molecule has 4 aliphatic rings. The Morgan fingerprint density at radius 1 is 1.25 bits per heavy atom. The Hall–Kier alpha value is -0.530. The van der Waals surface area contributed by atoms with Gasteiger partial charge < -0.3 is 0 Å². The molecule has 0 spiro atoms. The van der Waals surface area contributed by atoms with Gasteiger partial charge in [0.1, 0.15) is 0 Å². The first-order valence-corrected chi connectivity index (χ1v) is 22.0. The fourth-order valence-electron chi connectivity index (χ4n) is 3.92. The van der Waals surface area contributed by atoms with Gasteiger partial charge in [-0.15, -0.1) is 0 Å². The Balaban J connectivity index is 1.43. The van der Waals surface area contributed by atoms with Crippen LogP contribution in [0.2, 0.25) is 0 Å². The van der Waals surface area contributed by atoms with E-state index in [0.29, 0.717) is 6.54 Å². The Labute approximate surface area is 216 Å². The summed E-state index contributed by atoms with van der Waals surface area (Å²) in [5, 5.41) is 3.12. The number of nitrogens with one attached hydrogen (secondary N) is 1. The van der Waals surface area contributed by atoms with E-state index in [9.17, 15) is 4.39 Å². The molecule has 0 aliphatic carbocycles. The van der Waals surface area contributed by atoms with E-state index in [1.807, 2.05) is 0 Å². The van der Waals surface area contributed by atoms with Gasteiger partial charge in [0.2, 0.25) is 0 Å². The van der Waals surface area contributed by atoms with Crippen molar-refractivity contribution in [2.24, 2.45) is 0 Å². The van der Waals surface area contributed by atoms with Gasteiger partial charge in [-0.3, -0.25) is 0 Å². The van der Waals surface area contributed by atoms with Crippen molar-refractivity contribution in [2.75, 3.05) is 17.5 Å². The van der Waals surface area contributed by atoms with Crippen molar-refractivity contribution < 1.29 is 47.6 Å². The molecule has 5 rings (SSSR count). The number of alkyl halides is 2.